The average molecular weight is 292 g/mol. The maximum absolute atomic E-state index is 12.0. The van der Waals surface area contributed by atoms with Gasteiger partial charge in [-0.05, 0) is 26.2 Å². The van der Waals surface area contributed by atoms with Crippen LogP contribution in [0.5, 0.6) is 0 Å². The average Bonchev–Trinajstić information content (AvgIpc) is 2.74. The van der Waals surface area contributed by atoms with Gasteiger partial charge in [-0.1, -0.05) is 0 Å². The molecule has 1 aromatic rings. The number of thioether (sulfide) groups is 1. The lowest BCUT2D eigenvalue weighted by Crippen LogP contribution is -2.25. The van der Waals surface area contributed by atoms with Crippen molar-refractivity contribution in [3.8, 4) is 0 Å². The van der Waals surface area contributed by atoms with Crippen LogP contribution in [0.2, 0.25) is 0 Å². The Kier molecular flexibility index (Phi) is 5.71. The molecule has 0 unspecified atom stereocenters. The first-order valence-corrected chi connectivity index (χ1v) is 8.60. The van der Waals surface area contributed by atoms with E-state index in [-0.39, 0.29) is 17.5 Å². The topological polar surface area (TPSA) is 71.3 Å². The molecule has 2 N–H and O–H groups in total. The van der Waals surface area contributed by atoms with Gasteiger partial charge in [0.1, 0.15) is 0 Å². The van der Waals surface area contributed by atoms with Crippen LogP contribution in [-0.4, -0.2) is 36.6 Å². The molecular weight excluding hydrogens is 272 g/mol. The Bertz CT molecular complexity index is 480. The summed E-state index contributed by atoms with van der Waals surface area (Å²) in [6.45, 7) is 4.12. The lowest BCUT2D eigenvalue weighted by Gasteiger charge is -2.10. The Hall–Kier alpha value is -0.500. The quantitative estimate of drug-likeness (QED) is 0.741. The number of nitrogens with one attached hydrogen (secondary N) is 1. The van der Waals surface area contributed by atoms with Crippen LogP contribution in [0.3, 0.4) is 0 Å². The molecule has 7 heteroatoms. The summed E-state index contributed by atoms with van der Waals surface area (Å²) >= 11 is 1.58. The smallest absolute Gasteiger partial charge is 0.242 e. The van der Waals surface area contributed by atoms with Crippen LogP contribution < -0.4 is 4.72 Å². The fourth-order valence-electron chi connectivity index (χ4n) is 1.61. The maximum Gasteiger partial charge on any atom is 0.242 e. The Morgan fingerprint density at radius 3 is 2.61 bits per heavy atom. The molecule has 5 nitrogen and oxygen atoms in total. The van der Waals surface area contributed by atoms with Crippen LogP contribution in [0.4, 0.5) is 0 Å². The Morgan fingerprint density at radius 2 is 2.17 bits per heavy atom. The molecule has 104 valence electrons. The van der Waals surface area contributed by atoms with Crippen molar-refractivity contribution in [3.05, 3.63) is 18.0 Å². The van der Waals surface area contributed by atoms with Crippen molar-refractivity contribution in [3.63, 3.8) is 0 Å². The first-order chi connectivity index (χ1) is 8.42. The van der Waals surface area contributed by atoms with Gasteiger partial charge < -0.3 is 9.67 Å². The summed E-state index contributed by atoms with van der Waals surface area (Å²) in [5.41, 5.74) is 0.607. The molecule has 0 aliphatic carbocycles. The number of aliphatic hydroxyl groups excluding tert-OH is 1. The fourth-order valence-corrected chi connectivity index (χ4v) is 3.13. The first-order valence-electron chi connectivity index (χ1n) is 5.72. The lowest BCUT2D eigenvalue weighted by atomic mass is 10.3. The summed E-state index contributed by atoms with van der Waals surface area (Å²) in [7, 11) is -3.47. The highest BCUT2D eigenvalue weighted by Gasteiger charge is 2.18. The van der Waals surface area contributed by atoms with Gasteiger partial charge in [-0.3, -0.25) is 0 Å². The molecule has 0 aromatic carbocycles. The zero-order chi connectivity index (χ0) is 13.8. The van der Waals surface area contributed by atoms with E-state index in [0.29, 0.717) is 12.2 Å². The number of hydrogen-bond donors (Lipinski definition) is 2. The molecule has 1 heterocycles. The van der Waals surface area contributed by atoms with Gasteiger partial charge in [-0.2, -0.15) is 11.8 Å². The molecule has 1 rings (SSSR count). The van der Waals surface area contributed by atoms with Gasteiger partial charge in [0, 0.05) is 30.2 Å². The SMILES string of the molecule is CSCCNS(=O)(=O)c1cc(CO)n(C(C)C)c1. The van der Waals surface area contributed by atoms with Gasteiger partial charge in [0.05, 0.1) is 11.5 Å². The van der Waals surface area contributed by atoms with Gasteiger partial charge in [-0.25, -0.2) is 13.1 Å². The summed E-state index contributed by atoms with van der Waals surface area (Å²) in [6.07, 6.45) is 3.49. The monoisotopic (exact) mass is 292 g/mol. The van der Waals surface area contributed by atoms with Crippen LogP contribution in [0.1, 0.15) is 25.6 Å². The number of nitrogens with zero attached hydrogens (tertiary/aromatic N) is 1. The zero-order valence-electron chi connectivity index (χ0n) is 10.9. The highest BCUT2D eigenvalue weighted by atomic mass is 32.2. The molecule has 0 radical (unpaired) electrons. The fraction of sp³-hybridized carbons (Fsp3) is 0.636. The van der Waals surface area contributed by atoms with Crippen molar-refractivity contribution < 1.29 is 13.5 Å². The molecule has 0 atom stereocenters. The number of rotatable bonds is 7. The van der Waals surface area contributed by atoms with Crippen molar-refractivity contribution in [1.29, 1.82) is 0 Å². The summed E-state index contributed by atoms with van der Waals surface area (Å²) in [6, 6.07) is 1.63. The maximum atomic E-state index is 12.0. The van der Waals surface area contributed by atoms with Crippen LogP contribution in [0.25, 0.3) is 0 Å². The summed E-state index contributed by atoms with van der Waals surface area (Å²) in [5, 5.41) is 9.22. The summed E-state index contributed by atoms with van der Waals surface area (Å²) in [4.78, 5) is 0.210. The number of aromatic nitrogens is 1. The third-order valence-corrected chi connectivity index (χ3v) is 4.57. The Labute approximate surface area is 113 Å². The first kappa shape index (κ1) is 15.6. The molecule has 18 heavy (non-hydrogen) atoms. The molecule has 0 saturated heterocycles. The van der Waals surface area contributed by atoms with Crippen LogP contribution in [-0.2, 0) is 16.6 Å². The van der Waals surface area contributed by atoms with Gasteiger partial charge in [0.15, 0.2) is 0 Å². The number of sulfonamides is 1. The lowest BCUT2D eigenvalue weighted by molar-refractivity contribution is 0.268. The Morgan fingerprint density at radius 1 is 1.50 bits per heavy atom. The van der Waals surface area contributed by atoms with Crippen LogP contribution in [0.15, 0.2) is 17.2 Å². The molecule has 1 aromatic heterocycles. The van der Waals surface area contributed by atoms with Crippen molar-refractivity contribution in [2.75, 3.05) is 18.6 Å². The van der Waals surface area contributed by atoms with Gasteiger partial charge in [-0.15, -0.1) is 0 Å². The Balaban J connectivity index is 2.95. The van der Waals surface area contributed by atoms with E-state index in [4.69, 9.17) is 0 Å². The van der Waals surface area contributed by atoms with Crippen molar-refractivity contribution in [1.82, 2.24) is 9.29 Å². The summed E-state index contributed by atoms with van der Waals surface area (Å²) in [5.74, 6) is 0.733. The van der Waals surface area contributed by atoms with E-state index in [9.17, 15) is 13.5 Å². The zero-order valence-corrected chi connectivity index (χ0v) is 12.5. The predicted molar refractivity (Wildman–Crippen MR) is 74.3 cm³/mol. The van der Waals surface area contributed by atoms with E-state index in [1.165, 1.54) is 6.07 Å². The highest BCUT2D eigenvalue weighted by molar-refractivity contribution is 7.98. The second-order valence-electron chi connectivity index (χ2n) is 4.22. The molecule has 0 spiro atoms. The normalized spacial score (nSPS) is 12.3. The van der Waals surface area contributed by atoms with Gasteiger partial charge in [0.25, 0.3) is 0 Å². The second kappa shape index (κ2) is 6.60. The molecule has 0 fully saturated rings. The molecular formula is C11H20N2O3S2. The van der Waals surface area contributed by atoms with E-state index in [0.717, 1.165) is 5.75 Å². The summed E-state index contributed by atoms with van der Waals surface area (Å²) < 4.78 is 28.3. The number of hydrogen-bond acceptors (Lipinski definition) is 4. The predicted octanol–water partition coefficient (Wildman–Crippen LogP) is 1.20. The highest BCUT2D eigenvalue weighted by Crippen LogP contribution is 2.18. The second-order valence-corrected chi connectivity index (χ2v) is 6.97. The van der Waals surface area contributed by atoms with E-state index in [1.807, 2.05) is 20.1 Å². The minimum Gasteiger partial charge on any atom is -0.390 e. The minimum absolute atomic E-state index is 0.113. The van der Waals surface area contributed by atoms with E-state index < -0.39 is 10.0 Å². The molecule has 0 bridgehead atoms. The van der Waals surface area contributed by atoms with E-state index in [1.54, 1.807) is 22.5 Å². The van der Waals surface area contributed by atoms with Crippen molar-refractivity contribution >= 4 is 21.8 Å². The molecule has 0 aliphatic heterocycles. The molecule has 0 amide bonds. The minimum atomic E-state index is -3.47. The van der Waals surface area contributed by atoms with Gasteiger partial charge in [0.2, 0.25) is 10.0 Å². The van der Waals surface area contributed by atoms with Crippen molar-refractivity contribution in [2.45, 2.75) is 31.4 Å². The van der Waals surface area contributed by atoms with E-state index in [2.05, 4.69) is 4.72 Å². The third kappa shape index (κ3) is 3.74. The van der Waals surface area contributed by atoms with Crippen LogP contribution >= 0.6 is 11.8 Å². The standard InChI is InChI=1S/C11H20N2O3S2/c1-9(2)13-7-11(6-10(13)8-14)18(15,16)12-4-5-17-3/h6-7,9,12,14H,4-5,8H2,1-3H3. The van der Waals surface area contributed by atoms with E-state index >= 15 is 0 Å². The number of aliphatic hydroxyl groups is 1. The third-order valence-electron chi connectivity index (χ3n) is 2.53. The van der Waals surface area contributed by atoms with Gasteiger partial charge >= 0.3 is 0 Å². The largest absolute Gasteiger partial charge is 0.390 e. The van der Waals surface area contributed by atoms with Crippen LogP contribution in [0, 0.1) is 0 Å². The molecule has 0 saturated carbocycles. The molecule has 0 aliphatic rings. The van der Waals surface area contributed by atoms with Crippen molar-refractivity contribution in [2.24, 2.45) is 0 Å².